The third kappa shape index (κ3) is 8.05. The molecule has 0 radical (unpaired) electrons. The van der Waals surface area contributed by atoms with E-state index >= 15 is 0 Å². The highest BCUT2D eigenvalue weighted by molar-refractivity contribution is 5.22. The van der Waals surface area contributed by atoms with Crippen LogP contribution < -0.4 is 5.32 Å². The van der Waals surface area contributed by atoms with Crippen LogP contribution in [0.15, 0.2) is 24.3 Å². The fourth-order valence-electron chi connectivity index (χ4n) is 2.28. The van der Waals surface area contributed by atoms with Crippen LogP contribution in [0.2, 0.25) is 0 Å². The summed E-state index contributed by atoms with van der Waals surface area (Å²) in [7, 11) is 0. The van der Waals surface area contributed by atoms with Crippen LogP contribution in [0, 0.1) is 5.92 Å². The number of hydrogen-bond donors (Lipinski definition) is 1. The fourth-order valence-corrected chi connectivity index (χ4v) is 2.28. The first-order valence-electron chi connectivity index (χ1n) is 8.01. The minimum absolute atomic E-state index is 0.865. The number of rotatable bonds is 10. The van der Waals surface area contributed by atoms with Crippen molar-refractivity contribution in [2.75, 3.05) is 6.54 Å². The number of aryl methyl sites for hydroxylation is 1. The Morgan fingerprint density at radius 3 is 2.16 bits per heavy atom. The van der Waals surface area contributed by atoms with Gasteiger partial charge in [0, 0.05) is 6.54 Å². The van der Waals surface area contributed by atoms with E-state index in [9.17, 15) is 0 Å². The molecule has 1 heteroatoms. The van der Waals surface area contributed by atoms with Gasteiger partial charge in [0.2, 0.25) is 0 Å². The highest BCUT2D eigenvalue weighted by Gasteiger charge is 1.96. The number of hydrogen-bond acceptors (Lipinski definition) is 1. The molecular formula is C18H31N. The molecule has 0 amide bonds. The van der Waals surface area contributed by atoms with Gasteiger partial charge < -0.3 is 5.32 Å². The summed E-state index contributed by atoms with van der Waals surface area (Å²) in [5.41, 5.74) is 2.82. The summed E-state index contributed by atoms with van der Waals surface area (Å²) in [5.74, 6) is 0.865. The monoisotopic (exact) mass is 261 g/mol. The van der Waals surface area contributed by atoms with Gasteiger partial charge in [-0.15, -0.1) is 0 Å². The zero-order valence-electron chi connectivity index (χ0n) is 13.0. The van der Waals surface area contributed by atoms with Crippen molar-refractivity contribution >= 4 is 0 Å². The van der Waals surface area contributed by atoms with Gasteiger partial charge in [-0.05, 0) is 36.4 Å². The first-order chi connectivity index (χ1) is 9.22. The van der Waals surface area contributed by atoms with Crippen LogP contribution in [-0.2, 0) is 13.0 Å². The molecule has 108 valence electrons. The molecule has 0 fully saturated rings. The number of benzene rings is 1. The lowest BCUT2D eigenvalue weighted by Crippen LogP contribution is -2.14. The molecule has 1 aromatic rings. The summed E-state index contributed by atoms with van der Waals surface area (Å²) in [6.45, 7) is 8.98. The molecule has 0 heterocycles. The molecule has 1 rings (SSSR count). The topological polar surface area (TPSA) is 12.0 Å². The second-order valence-electron chi connectivity index (χ2n) is 5.94. The highest BCUT2D eigenvalue weighted by atomic mass is 14.8. The maximum Gasteiger partial charge on any atom is 0.0205 e. The Kier molecular flexibility index (Phi) is 8.57. The van der Waals surface area contributed by atoms with Crippen LogP contribution in [0.3, 0.4) is 0 Å². The van der Waals surface area contributed by atoms with E-state index < -0.39 is 0 Å². The Morgan fingerprint density at radius 2 is 1.53 bits per heavy atom. The van der Waals surface area contributed by atoms with Gasteiger partial charge in [-0.2, -0.15) is 0 Å². The van der Waals surface area contributed by atoms with Crippen molar-refractivity contribution in [3.05, 3.63) is 35.4 Å². The molecule has 0 saturated carbocycles. The minimum Gasteiger partial charge on any atom is -0.313 e. The second kappa shape index (κ2) is 10.0. The van der Waals surface area contributed by atoms with Gasteiger partial charge in [-0.25, -0.2) is 0 Å². The molecule has 0 aliphatic carbocycles. The van der Waals surface area contributed by atoms with Crippen LogP contribution >= 0.6 is 0 Å². The van der Waals surface area contributed by atoms with Crippen LogP contribution in [0.5, 0.6) is 0 Å². The standard InChI is InChI=1S/C18H31N/c1-4-17-10-12-18(13-11-17)15-19-14-8-6-5-7-9-16(2)3/h10-13,16,19H,4-9,14-15H2,1-3H3. The number of unbranched alkanes of at least 4 members (excludes halogenated alkanes) is 3. The SMILES string of the molecule is CCc1ccc(CNCCCCCCC(C)C)cc1. The average Bonchev–Trinajstić information content (AvgIpc) is 2.42. The Morgan fingerprint density at radius 1 is 0.895 bits per heavy atom. The van der Waals surface area contributed by atoms with Crippen molar-refractivity contribution in [2.24, 2.45) is 5.92 Å². The molecule has 0 aliphatic heterocycles. The van der Waals surface area contributed by atoms with E-state index in [0.29, 0.717) is 0 Å². The zero-order valence-corrected chi connectivity index (χ0v) is 13.0. The van der Waals surface area contributed by atoms with Gasteiger partial charge in [0.25, 0.3) is 0 Å². The Balaban J connectivity index is 1.98. The van der Waals surface area contributed by atoms with Gasteiger partial charge in [0.05, 0.1) is 0 Å². The quantitative estimate of drug-likeness (QED) is 0.588. The predicted molar refractivity (Wildman–Crippen MR) is 85.4 cm³/mol. The van der Waals surface area contributed by atoms with Crippen molar-refractivity contribution in [3.63, 3.8) is 0 Å². The first kappa shape index (κ1) is 16.2. The predicted octanol–water partition coefficient (Wildman–Crippen LogP) is 4.95. The van der Waals surface area contributed by atoms with E-state index in [4.69, 9.17) is 0 Å². The molecule has 0 atom stereocenters. The van der Waals surface area contributed by atoms with Crippen LogP contribution in [0.1, 0.15) is 64.0 Å². The van der Waals surface area contributed by atoms with E-state index in [2.05, 4.69) is 50.4 Å². The summed E-state index contributed by atoms with van der Waals surface area (Å²) in [6, 6.07) is 8.97. The molecule has 0 bridgehead atoms. The lowest BCUT2D eigenvalue weighted by atomic mass is 10.0. The van der Waals surface area contributed by atoms with E-state index in [1.165, 1.54) is 43.2 Å². The molecule has 1 aromatic carbocycles. The third-order valence-electron chi connectivity index (χ3n) is 3.65. The van der Waals surface area contributed by atoms with Crippen molar-refractivity contribution < 1.29 is 0 Å². The highest BCUT2D eigenvalue weighted by Crippen LogP contribution is 2.09. The second-order valence-corrected chi connectivity index (χ2v) is 5.94. The van der Waals surface area contributed by atoms with Crippen molar-refractivity contribution in [1.29, 1.82) is 0 Å². The Bertz CT molecular complexity index is 313. The lowest BCUT2D eigenvalue weighted by molar-refractivity contribution is 0.512. The number of nitrogens with one attached hydrogen (secondary N) is 1. The van der Waals surface area contributed by atoms with Gasteiger partial charge >= 0.3 is 0 Å². The van der Waals surface area contributed by atoms with Gasteiger partial charge in [-0.1, -0.05) is 70.7 Å². The molecule has 0 unspecified atom stereocenters. The molecule has 0 spiro atoms. The summed E-state index contributed by atoms with van der Waals surface area (Å²) in [6.07, 6.45) is 7.99. The fraction of sp³-hybridized carbons (Fsp3) is 0.667. The average molecular weight is 261 g/mol. The van der Waals surface area contributed by atoms with Crippen LogP contribution in [-0.4, -0.2) is 6.54 Å². The van der Waals surface area contributed by atoms with Crippen molar-refractivity contribution in [3.8, 4) is 0 Å². The van der Waals surface area contributed by atoms with E-state index in [1.807, 2.05) is 0 Å². The maximum atomic E-state index is 3.54. The summed E-state index contributed by atoms with van der Waals surface area (Å²) in [4.78, 5) is 0. The summed E-state index contributed by atoms with van der Waals surface area (Å²) in [5, 5.41) is 3.54. The Hall–Kier alpha value is -0.820. The largest absolute Gasteiger partial charge is 0.313 e. The van der Waals surface area contributed by atoms with Gasteiger partial charge in [0.15, 0.2) is 0 Å². The molecule has 0 saturated heterocycles. The van der Waals surface area contributed by atoms with E-state index in [-0.39, 0.29) is 0 Å². The van der Waals surface area contributed by atoms with E-state index in [1.54, 1.807) is 0 Å². The first-order valence-corrected chi connectivity index (χ1v) is 8.01. The van der Waals surface area contributed by atoms with Crippen LogP contribution in [0.4, 0.5) is 0 Å². The molecule has 0 aliphatic rings. The van der Waals surface area contributed by atoms with Gasteiger partial charge in [-0.3, -0.25) is 0 Å². The van der Waals surface area contributed by atoms with Crippen LogP contribution in [0.25, 0.3) is 0 Å². The maximum absolute atomic E-state index is 3.54. The molecule has 1 N–H and O–H groups in total. The molecule has 1 nitrogen and oxygen atoms in total. The van der Waals surface area contributed by atoms with E-state index in [0.717, 1.165) is 25.4 Å². The smallest absolute Gasteiger partial charge is 0.0205 e. The normalized spacial score (nSPS) is 11.2. The molecular weight excluding hydrogens is 230 g/mol. The molecule has 0 aromatic heterocycles. The molecule has 19 heavy (non-hydrogen) atoms. The van der Waals surface area contributed by atoms with Gasteiger partial charge in [0.1, 0.15) is 0 Å². The third-order valence-corrected chi connectivity index (χ3v) is 3.65. The minimum atomic E-state index is 0.865. The summed E-state index contributed by atoms with van der Waals surface area (Å²) < 4.78 is 0. The Labute approximate surface area is 119 Å². The lowest BCUT2D eigenvalue weighted by Gasteiger charge is -2.07. The van der Waals surface area contributed by atoms with Crippen molar-refractivity contribution in [1.82, 2.24) is 5.32 Å². The summed E-state index contributed by atoms with van der Waals surface area (Å²) >= 11 is 0. The van der Waals surface area contributed by atoms with Crippen molar-refractivity contribution in [2.45, 2.75) is 65.8 Å². The zero-order chi connectivity index (χ0) is 13.9.